The Bertz CT molecular complexity index is 480. The molecule has 1 saturated carbocycles. The van der Waals surface area contributed by atoms with Gasteiger partial charge in [-0.2, -0.15) is 13.2 Å². The van der Waals surface area contributed by atoms with E-state index < -0.39 is 12.6 Å². The molecule has 0 atom stereocenters. The van der Waals surface area contributed by atoms with Crippen molar-refractivity contribution in [1.82, 2.24) is 10.6 Å². The van der Waals surface area contributed by atoms with E-state index in [4.69, 9.17) is 4.42 Å². The second-order valence-corrected chi connectivity index (χ2v) is 6.18. The normalized spacial score (nSPS) is 16.5. The second kappa shape index (κ2) is 9.59. The van der Waals surface area contributed by atoms with E-state index in [1.54, 1.807) is 6.26 Å². The van der Waals surface area contributed by atoms with E-state index >= 15 is 0 Å². The molecule has 1 fully saturated rings. The van der Waals surface area contributed by atoms with Crippen LogP contribution in [0.3, 0.4) is 0 Å². The summed E-state index contributed by atoms with van der Waals surface area (Å²) in [6, 6.07) is 4.18. The number of nitrogens with one attached hydrogen (secondary N) is 2. The minimum atomic E-state index is -4.07. The number of aliphatic imine (C=N–C) groups is 1. The van der Waals surface area contributed by atoms with E-state index in [2.05, 4.69) is 15.6 Å². The van der Waals surface area contributed by atoms with Crippen molar-refractivity contribution in [3.63, 3.8) is 0 Å². The minimum absolute atomic E-state index is 0.121. The van der Waals surface area contributed by atoms with Gasteiger partial charge in [-0.25, -0.2) is 0 Å². The first-order valence-corrected chi connectivity index (χ1v) is 8.67. The summed E-state index contributed by atoms with van der Waals surface area (Å²) < 4.78 is 41.7. The SMILES string of the molecule is FC(F)(F)CCCCN=C(NCCc1ccco1)NC1CCCC1. The number of alkyl halides is 3. The van der Waals surface area contributed by atoms with Crippen molar-refractivity contribution >= 4 is 5.96 Å². The Morgan fingerprint density at radius 3 is 2.71 bits per heavy atom. The molecule has 7 heteroatoms. The van der Waals surface area contributed by atoms with E-state index in [-0.39, 0.29) is 6.42 Å². The van der Waals surface area contributed by atoms with Crippen molar-refractivity contribution in [3.8, 4) is 0 Å². The summed E-state index contributed by atoms with van der Waals surface area (Å²) in [6.07, 6.45) is 2.79. The highest BCUT2D eigenvalue weighted by atomic mass is 19.4. The zero-order valence-corrected chi connectivity index (χ0v) is 13.9. The number of unbranched alkanes of at least 4 members (excludes halogenated alkanes) is 1. The van der Waals surface area contributed by atoms with Crippen molar-refractivity contribution in [2.24, 2.45) is 4.99 Å². The average molecular weight is 345 g/mol. The zero-order chi connectivity index (χ0) is 17.3. The fraction of sp³-hybridized carbons (Fsp3) is 0.706. The van der Waals surface area contributed by atoms with Crippen LogP contribution in [0.15, 0.2) is 27.8 Å². The van der Waals surface area contributed by atoms with Crippen LogP contribution in [0.4, 0.5) is 13.2 Å². The molecular formula is C17H26F3N3O. The standard InChI is InChI=1S/C17H26F3N3O/c18-17(19,20)10-3-4-11-21-16(23-14-6-1-2-7-14)22-12-9-15-8-5-13-24-15/h5,8,13-14H,1-4,6-7,9-12H2,(H2,21,22,23). The largest absolute Gasteiger partial charge is 0.469 e. The van der Waals surface area contributed by atoms with Gasteiger partial charge in [0, 0.05) is 32.0 Å². The fourth-order valence-corrected chi connectivity index (χ4v) is 2.80. The molecule has 4 nitrogen and oxygen atoms in total. The molecule has 1 aromatic heterocycles. The van der Waals surface area contributed by atoms with Crippen molar-refractivity contribution in [3.05, 3.63) is 24.2 Å². The molecule has 0 spiro atoms. The highest BCUT2D eigenvalue weighted by Crippen LogP contribution is 2.22. The Hall–Kier alpha value is -1.66. The predicted molar refractivity (Wildman–Crippen MR) is 88.0 cm³/mol. The maximum absolute atomic E-state index is 12.1. The van der Waals surface area contributed by atoms with Crippen LogP contribution in [-0.2, 0) is 6.42 Å². The van der Waals surface area contributed by atoms with Gasteiger partial charge in [-0.3, -0.25) is 4.99 Å². The first-order valence-electron chi connectivity index (χ1n) is 8.67. The summed E-state index contributed by atoms with van der Waals surface area (Å²) in [6.45, 7) is 1.08. The topological polar surface area (TPSA) is 49.6 Å². The third-order valence-corrected chi connectivity index (χ3v) is 4.08. The van der Waals surface area contributed by atoms with Crippen LogP contribution in [0.2, 0.25) is 0 Å². The molecule has 0 radical (unpaired) electrons. The second-order valence-electron chi connectivity index (χ2n) is 6.18. The van der Waals surface area contributed by atoms with Crippen LogP contribution in [0.5, 0.6) is 0 Å². The molecule has 0 aromatic carbocycles. The summed E-state index contributed by atoms with van der Waals surface area (Å²) >= 11 is 0. The molecule has 1 aliphatic carbocycles. The molecule has 0 amide bonds. The summed E-state index contributed by atoms with van der Waals surface area (Å²) in [5.74, 6) is 1.59. The third kappa shape index (κ3) is 7.75. The molecule has 0 unspecified atom stereocenters. The lowest BCUT2D eigenvalue weighted by molar-refractivity contribution is -0.135. The molecule has 1 heterocycles. The van der Waals surface area contributed by atoms with Gasteiger partial charge >= 0.3 is 6.18 Å². The van der Waals surface area contributed by atoms with Crippen LogP contribution in [0.1, 0.15) is 50.7 Å². The number of guanidine groups is 1. The number of furan rings is 1. The molecule has 136 valence electrons. The highest BCUT2D eigenvalue weighted by Gasteiger charge is 2.25. The Morgan fingerprint density at radius 2 is 2.04 bits per heavy atom. The maximum atomic E-state index is 12.1. The molecule has 2 N–H and O–H groups in total. The first-order chi connectivity index (χ1) is 11.5. The van der Waals surface area contributed by atoms with E-state index in [1.165, 1.54) is 12.8 Å². The third-order valence-electron chi connectivity index (χ3n) is 4.08. The smallest absolute Gasteiger partial charge is 0.389 e. The Labute approximate surface area is 140 Å². The maximum Gasteiger partial charge on any atom is 0.389 e. The number of hydrogen-bond acceptors (Lipinski definition) is 2. The summed E-state index contributed by atoms with van der Waals surface area (Å²) in [4.78, 5) is 4.42. The molecule has 24 heavy (non-hydrogen) atoms. The number of nitrogens with zero attached hydrogens (tertiary/aromatic N) is 1. The fourth-order valence-electron chi connectivity index (χ4n) is 2.80. The highest BCUT2D eigenvalue weighted by molar-refractivity contribution is 5.80. The average Bonchev–Trinajstić information content (AvgIpc) is 3.19. The van der Waals surface area contributed by atoms with Gasteiger partial charge in [0.25, 0.3) is 0 Å². The number of hydrogen-bond donors (Lipinski definition) is 2. The van der Waals surface area contributed by atoms with Gasteiger partial charge in [0.05, 0.1) is 6.26 Å². The lowest BCUT2D eigenvalue weighted by atomic mass is 10.2. The molecule has 1 aliphatic rings. The first kappa shape index (κ1) is 18.7. The van der Waals surface area contributed by atoms with E-state index in [9.17, 15) is 13.2 Å². The van der Waals surface area contributed by atoms with Crippen molar-refractivity contribution in [2.75, 3.05) is 13.1 Å². The molecule has 0 saturated heterocycles. The number of rotatable bonds is 8. The quantitative estimate of drug-likeness (QED) is 0.425. The minimum Gasteiger partial charge on any atom is -0.469 e. The van der Waals surface area contributed by atoms with Crippen LogP contribution in [0.25, 0.3) is 0 Å². The van der Waals surface area contributed by atoms with Crippen LogP contribution in [0, 0.1) is 0 Å². The molecule has 0 aliphatic heterocycles. The van der Waals surface area contributed by atoms with Gasteiger partial charge < -0.3 is 15.1 Å². The molecule has 2 rings (SSSR count). The lowest BCUT2D eigenvalue weighted by Crippen LogP contribution is -2.43. The van der Waals surface area contributed by atoms with Crippen molar-refractivity contribution in [1.29, 1.82) is 0 Å². The lowest BCUT2D eigenvalue weighted by Gasteiger charge is -2.17. The van der Waals surface area contributed by atoms with Gasteiger partial charge in [0.1, 0.15) is 5.76 Å². The molecule has 1 aromatic rings. The van der Waals surface area contributed by atoms with Crippen LogP contribution < -0.4 is 10.6 Å². The van der Waals surface area contributed by atoms with Crippen molar-refractivity contribution in [2.45, 2.75) is 63.6 Å². The van der Waals surface area contributed by atoms with Gasteiger partial charge in [-0.05, 0) is 37.8 Å². The van der Waals surface area contributed by atoms with E-state index in [0.29, 0.717) is 31.5 Å². The summed E-state index contributed by atoms with van der Waals surface area (Å²) in [5.41, 5.74) is 0. The molecular weight excluding hydrogens is 319 g/mol. The van der Waals surface area contributed by atoms with Gasteiger partial charge in [0.2, 0.25) is 0 Å². The Balaban J connectivity index is 1.74. The van der Waals surface area contributed by atoms with E-state index in [1.807, 2.05) is 12.1 Å². The zero-order valence-electron chi connectivity index (χ0n) is 13.9. The van der Waals surface area contributed by atoms with Crippen molar-refractivity contribution < 1.29 is 17.6 Å². The summed E-state index contributed by atoms with van der Waals surface area (Å²) in [7, 11) is 0. The Morgan fingerprint density at radius 1 is 1.25 bits per heavy atom. The van der Waals surface area contributed by atoms with Crippen LogP contribution >= 0.6 is 0 Å². The summed E-state index contributed by atoms with van der Waals surface area (Å²) in [5, 5.41) is 6.64. The predicted octanol–water partition coefficient (Wildman–Crippen LogP) is 4.03. The monoisotopic (exact) mass is 345 g/mol. The van der Waals surface area contributed by atoms with Gasteiger partial charge in [-0.15, -0.1) is 0 Å². The van der Waals surface area contributed by atoms with E-state index in [0.717, 1.165) is 25.0 Å². The van der Waals surface area contributed by atoms with Crippen LogP contribution in [-0.4, -0.2) is 31.3 Å². The van der Waals surface area contributed by atoms with Gasteiger partial charge in [-0.1, -0.05) is 12.8 Å². The molecule has 0 bridgehead atoms. The van der Waals surface area contributed by atoms with Gasteiger partial charge in [0.15, 0.2) is 5.96 Å². The Kier molecular flexibility index (Phi) is 7.46. The number of halogens is 3.